The molecular formula is C14H14N2O. The van der Waals surface area contributed by atoms with Gasteiger partial charge in [-0.05, 0) is 19.9 Å². The molecule has 86 valence electrons. The molecule has 17 heavy (non-hydrogen) atoms. The van der Waals surface area contributed by atoms with Gasteiger partial charge in [-0.1, -0.05) is 18.2 Å². The molecule has 1 N–H and O–H groups in total. The van der Waals surface area contributed by atoms with Crippen LogP contribution in [0.5, 0.6) is 5.75 Å². The number of nitrogens with one attached hydrogen (secondary N) is 1. The highest BCUT2D eigenvalue weighted by molar-refractivity contribution is 5.75. The van der Waals surface area contributed by atoms with Crippen LogP contribution in [0.2, 0.25) is 0 Å². The number of ether oxygens (including phenoxy) is 1. The molecule has 3 nitrogen and oxygen atoms in total. The Labute approximate surface area is 101 Å². The summed E-state index contributed by atoms with van der Waals surface area (Å²) in [6.45, 7) is 3.97. The summed E-state index contributed by atoms with van der Waals surface area (Å²) in [6, 6.07) is 9.92. The Hall–Kier alpha value is -2.21. The summed E-state index contributed by atoms with van der Waals surface area (Å²) in [5.41, 5.74) is 2.45. The van der Waals surface area contributed by atoms with E-state index >= 15 is 0 Å². The first-order valence-corrected chi connectivity index (χ1v) is 5.55. The predicted octanol–water partition coefficient (Wildman–Crippen LogP) is 3.34. The van der Waals surface area contributed by atoms with Crippen molar-refractivity contribution in [3.8, 4) is 22.9 Å². The molecule has 0 aliphatic heterocycles. The number of rotatable bonds is 3. The van der Waals surface area contributed by atoms with Crippen LogP contribution in [0.15, 0.2) is 36.7 Å². The van der Waals surface area contributed by atoms with Crippen LogP contribution in [-0.4, -0.2) is 11.1 Å². The normalized spacial score (nSPS) is 10.2. The van der Waals surface area contributed by atoms with Gasteiger partial charge in [0.05, 0.1) is 11.7 Å². The summed E-state index contributed by atoms with van der Waals surface area (Å²) < 4.78 is 5.75. The fraction of sp³-hybridized carbons (Fsp3) is 0.214. The Morgan fingerprint density at radius 2 is 1.94 bits per heavy atom. The van der Waals surface area contributed by atoms with Crippen molar-refractivity contribution in [1.29, 1.82) is 5.26 Å². The lowest BCUT2D eigenvalue weighted by molar-refractivity contribution is 0.243. The zero-order valence-corrected chi connectivity index (χ0v) is 9.90. The maximum absolute atomic E-state index is 9.03. The zero-order valence-electron chi connectivity index (χ0n) is 9.90. The summed E-state index contributed by atoms with van der Waals surface area (Å²) in [4.78, 5) is 2.95. The van der Waals surface area contributed by atoms with E-state index in [4.69, 9.17) is 10.00 Å². The van der Waals surface area contributed by atoms with Crippen molar-refractivity contribution in [2.24, 2.45) is 0 Å². The molecule has 0 saturated heterocycles. The molecule has 0 bridgehead atoms. The van der Waals surface area contributed by atoms with E-state index in [9.17, 15) is 0 Å². The third kappa shape index (κ3) is 2.31. The zero-order chi connectivity index (χ0) is 12.3. The van der Waals surface area contributed by atoms with Crippen molar-refractivity contribution in [2.75, 3.05) is 0 Å². The first-order chi connectivity index (χ1) is 8.22. The maximum atomic E-state index is 9.03. The largest absolute Gasteiger partial charge is 0.490 e. The van der Waals surface area contributed by atoms with Gasteiger partial charge in [0.25, 0.3) is 0 Å². The van der Waals surface area contributed by atoms with Gasteiger partial charge in [0.15, 0.2) is 0 Å². The lowest BCUT2D eigenvalue weighted by Gasteiger charge is -2.13. The molecule has 0 atom stereocenters. The Balaban J connectivity index is 2.49. The van der Waals surface area contributed by atoms with Crippen LogP contribution >= 0.6 is 0 Å². The number of aromatic nitrogens is 1. The molecule has 3 heteroatoms. The SMILES string of the molecule is CC(C)Oc1ccccc1-c1c[nH]cc1C#N. The minimum absolute atomic E-state index is 0.112. The molecule has 1 aromatic heterocycles. The van der Waals surface area contributed by atoms with Gasteiger partial charge in [-0.25, -0.2) is 0 Å². The van der Waals surface area contributed by atoms with Gasteiger partial charge in [-0.3, -0.25) is 0 Å². The van der Waals surface area contributed by atoms with E-state index in [0.717, 1.165) is 16.9 Å². The number of para-hydroxylation sites is 1. The van der Waals surface area contributed by atoms with Crippen molar-refractivity contribution in [1.82, 2.24) is 4.98 Å². The van der Waals surface area contributed by atoms with Crippen LogP contribution in [0.4, 0.5) is 0 Å². The molecule has 0 unspecified atom stereocenters. The van der Waals surface area contributed by atoms with Crippen LogP contribution in [0, 0.1) is 11.3 Å². The van der Waals surface area contributed by atoms with Gasteiger partial charge < -0.3 is 9.72 Å². The van der Waals surface area contributed by atoms with Crippen molar-refractivity contribution in [2.45, 2.75) is 20.0 Å². The summed E-state index contributed by atoms with van der Waals surface area (Å²) in [5.74, 6) is 0.804. The van der Waals surface area contributed by atoms with Crippen LogP contribution in [0.3, 0.4) is 0 Å². The van der Waals surface area contributed by atoms with Crippen LogP contribution in [0.1, 0.15) is 19.4 Å². The molecular weight excluding hydrogens is 212 g/mol. The lowest BCUT2D eigenvalue weighted by atomic mass is 10.0. The molecule has 0 fully saturated rings. The summed E-state index contributed by atoms with van der Waals surface area (Å²) in [5, 5.41) is 9.03. The second-order valence-corrected chi connectivity index (χ2v) is 4.06. The minimum atomic E-state index is 0.112. The smallest absolute Gasteiger partial charge is 0.127 e. The fourth-order valence-corrected chi connectivity index (χ4v) is 1.73. The van der Waals surface area contributed by atoms with E-state index in [1.54, 1.807) is 6.20 Å². The van der Waals surface area contributed by atoms with E-state index in [1.165, 1.54) is 0 Å². The average Bonchev–Trinajstić information content (AvgIpc) is 2.77. The number of H-pyrrole nitrogens is 1. The van der Waals surface area contributed by atoms with Crippen molar-refractivity contribution >= 4 is 0 Å². The van der Waals surface area contributed by atoms with Crippen LogP contribution in [-0.2, 0) is 0 Å². The number of benzene rings is 1. The first-order valence-electron chi connectivity index (χ1n) is 5.55. The third-order valence-electron chi connectivity index (χ3n) is 2.41. The minimum Gasteiger partial charge on any atom is -0.490 e. The Morgan fingerprint density at radius 1 is 1.18 bits per heavy atom. The summed E-state index contributed by atoms with van der Waals surface area (Å²) in [7, 11) is 0. The van der Waals surface area contributed by atoms with E-state index in [2.05, 4.69) is 11.1 Å². The van der Waals surface area contributed by atoms with E-state index in [1.807, 2.05) is 44.3 Å². The monoisotopic (exact) mass is 226 g/mol. The molecule has 2 aromatic rings. The molecule has 0 aliphatic carbocycles. The molecule has 1 aromatic carbocycles. The first kappa shape index (κ1) is 11.3. The highest BCUT2D eigenvalue weighted by Gasteiger charge is 2.11. The number of hydrogen-bond acceptors (Lipinski definition) is 2. The number of aromatic amines is 1. The van der Waals surface area contributed by atoms with Crippen molar-refractivity contribution in [3.05, 3.63) is 42.2 Å². The number of nitriles is 1. The Morgan fingerprint density at radius 3 is 2.65 bits per heavy atom. The van der Waals surface area contributed by atoms with Crippen molar-refractivity contribution < 1.29 is 4.74 Å². The van der Waals surface area contributed by atoms with Gasteiger partial charge >= 0.3 is 0 Å². The lowest BCUT2D eigenvalue weighted by Crippen LogP contribution is -2.06. The van der Waals surface area contributed by atoms with E-state index in [-0.39, 0.29) is 6.10 Å². The molecule has 0 spiro atoms. The Bertz CT molecular complexity index is 549. The van der Waals surface area contributed by atoms with Crippen molar-refractivity contribution in [3.63, 3.8) is 0 Å². The van der Waals surface area contributed by atoms with Gasteiger partial charge in [-0.15, -0.1) is 0 Å². The van der Waals surface area contributed by atoms with Crippen LogP contribution < -0.4 is 4.74 Å². The van der Waals surface area contributed by atoms with Gasteiger partial charge in [0.2, 0.25) is 0 Å². The third-order valence-corrected chi connectivity index (χ3v) is 2.41. The molecule has 1 heterocycles. The predicted molar refractivity (Wildman–Crippen MR) is 66.7 cm³/mol. The Kier molecular flexibility index (Phi) is 3.15. The topological polar surface area (TPSA) is 48.8 Å². The molecule has 0 radical (unpaired) electrons. The molecule has 0 saturated carbocycles. The second kappa shape index (κ2) is 4.75. The van der Waals surface area contributed by atoms with Crippen LogP contribution in [0.25, 0.3) is 11.1 Å². The molecule has 0 aliphatic rings. The molecule has 0 amide bonds. The van der Waals surface area contributed by atoms with Gasteiger partial charge in [-0.2, -0.15) is 5.26 Å². The number of nitrogens with zero attached hydrogens (tertiary/aromatic N) is 1. The van der Waals surface area contributed by atoms with Gasteiger partial charge in [0.1, 0.15) is 11.8 Å². The fourth-order valence-electron chi connectivity index (χ4n) is 1.73. The van der Waals surface area contributed by atoms with E-state index < -0.39 is 0 Å². The number of hydrogen-bond donors (Lipinski definition) is 1. The van der Waals surface area contributed by atoms with E-state index in [0.29, 0.717) is 5.56 Å². The average molecular weight is 226 g/mol. The second-order valence-electron chi connectivity index (χ2n) is 4.06. The highest BCUT2D eigenvalue weighted by atomic mass is 16.5. The summed E-state index contributed by atoms with van der Waals surface area (Å²) in [6.07, 6.45) is 3.63. The summed E-state index contributed by atoms with van der Waals surface area (Å²) >= 11 is 0. The van der Waals surface area contributed by atoms with Gasteiger partial charge in [0, 0.05) is 23.5 Å². The maximum Gasteiger partial charge on any atom is 0.127 e. The quantitative estimate of drug-likeness (QED) is 0.872. The molecule has 2 rings (SSSR count). The highest BCUT2D eigenvalue weighted by Crippen LogP contribution is 2.32. The standard InChI is InChI=1S/C14H14N2O/c1-10(2)17-14-6-4-3-5-12(14)13-9-16-8-11(13)7-15/h3-6,8-10,16H,1-2H3.